The highest BCUT2D eigenvalue weighted by molar-refractivity contribution is 6.08. The molecule has 0 spiro atoms. The molecule has 2 aliphatic rings. The topological polar surface area (TPSA) is 3.24 Å². The summed E-state index contributed by atoms with van der Waals surface area (Å²) in [5.74, 6) is 1.08. The van der Waals surface area contributed by atoms with Gasteiger partial charge in [0.25, 0.3) is 0 Å². The summed E-state index contributed by atoms with van der Waals surface area (Å²) in [5.41, 5.74) is 0. The molecular weight excluding hydrogens is 174 g/mol. The van der Waals surface area contributed by atoms with E-state index < -0.39 is 0 Å². The Bertz CT molecular complexity index is 156. The molecule has 2 fully saturated rings. The van der Waals surface area contributed by atoms with Crippen LogP contribution in [0.4, 0.5) is 0 Å². The molecule has 1 nitrogen and oxygen atoms in total. The van der Waals surface area contributed by atoms with Crippen LogP contribution in [0, 0.1) is 5.92 Å². The van der Waals surface area contributed by atoms with Gasteiger partial charge in [-0.1, -0.05) is 18.9 Å². The third-order valence-electron chi connectivity index (χ3n) is 3.87. The van der Waals surface area contributed by atoms with Gasteiger partial charge in [0.2, 0.25) is 0 Å². The lowest BCUT2D eigenvalue weighted by atomic mass is 9.78. The Kier molecular flexibility index (Phi) is 3.44. The SMILES string of the molecule is [SiH3]CCN1CCC[C@@H]2CCCC[C@H]21. The van der Waals surface area contributed by atoms with Crippen LogP contribution in [0.25, 0.3) is 0 Å². The Labute approximate surface area is 85.3 Å². The van der Waals surface area contributed by atoms with Crippen molar-refractivity contribution in [3.8, 4) is 0 Å². The van der Waals surface area contributed by atoms with E-state index in [1.807, 2.05) is 0 Å². The number of rotatable bonds is 2. The summed E-state index contributed by atoms with van der Waals surface area (Å²) in [6, 6.07) is 2.47. The Morgan fingerprint density at radius 2 is 1.85 bits per heavy atom. The maximum absolute atomic E-state index is 2.81. The van der Waals surface area contributed by atoms with Gasteiger partial charge < -0.3 is 4.90 Å². The molecule has 1 saturated heterocycles. The highest BCUT2D eigenvalue weighted by Crippen LogP contribution is 2.34. The number of nitrogens with zero attached hydrogens (tertiary/aromatic N) is 1. The minimum absolute atomic E-state index is 0.997. The molecule has 0 aromatic heterocycles. The summed E-state index contributed by atoms with van der Waals surface area (Å²) in [6.45, 7) is 2.82. The van der Waals surface area contributed by atoms with Crippen LogP contribution in [0.3, 0.4) is 0 Å². The van der Waals surface area contributed by atoms with Gasteiger partial charge in [0.05, 0.1) is 0 Å². The summed E-state index contributed by atoms with van der Waals surface area (Å²) in [6.07, 6.45) is 9.05. The second kappa shape index (κ2) is 4.60. The zero-order valence-corrected chi connectivity index (χ0v) is 11.0. The summed E-state index contributed by atoms with van der Waals surface area (Å²) >= 11 is 0. The van der Waals surface area contributed by atoms with E-state index in [4.69, 9.17) is 0 Å². The molecule has 0 aromatic carbocycles. The third kappa shape index (κ3) is 2.16. The van der Waals surface area contributed by atoms with Gasteiger partial charge in [-0.15, -0.1) is 0 Å². The second-order valence-corrected chi connectivity index (χ2v) is 5.79. The van der Waals surface area contributed by atoms with Crippen LogP contribution >= 0.6 is 0 Å². The van der Waals surface area contributed by atoms with Gasteiger partial charge in [-0.2, -0.15) is 0 Å². The van der Waals surface area contributed by atoms with E-state index in [2.05, 4.69) is 4.90 Å². The van der Waals surface area contributed by atoms with Crippen molar-refractivity contribution >= 4 is 10.2 Å². The molecule has 13 heavy (non-hydrogen) atoms. The molecule has 1 saturated carbocycles. The van der Waals surface area contributed by atoms with Gasteiger partial charge in [0, 0.05) is 16.3 Å². The summed E-state index contributed by atoms with van der Waals surface area (Å²) in [4.78, 5) is 2.81. The quantitative estimate of drug-likeness (QED) is 0.605. The van der Waals surface area contributed by atoms with E-state index in [1.54, 1.807) is 0 Å². The summed E-state index contributed by atoms with van der Waals surface area (Å²) < 4.78 is 0. The highest BCUT2D eigenvalue weighted by Gasteiger charge is 2.32. The van der Waals surface area contributed by atoms with Gasteiger partial charge in [-0.05, 0) is 44.7 Å². The minimum Gasteiger partial charge on any atom is -0.300 e. The van der Waals surface area contributed by atoms with Crippen LogP contribution in [-0.4, -0.2) is 34.3 Å². The largest absolute Gasteiger partial charge is 0.300 e. The normalized spacial score (nSPS) is 36.0. The van der Waals surface area contributed by atoms with Gasteiger partial charge in [0.1, 0.15) is 0 Å². The number of likely N-dealkylation sites (tertiary alicyclic amines) is 1. The summed E-state index contributed by atoms with van der Waals surface area (Å²) in [5, 5.41) is 0. The molecule has 0 N–H and O–H groups in total. The minimum atomic E-state index is 0.997. The van der Waals surface area contributed by atoms with Crippen LogP contribution in [0.2, 0.25) is 6.04 Å². The molecule has 1 heterocycles. The second-order valence-electron chi connectivity index (χ2n) is 4.79. The molecule has 2 atom stereocenters. The first-order chi connectivity index (χ1) is 6.42. The van der Waals surface area contributed by atoms with Gasteiger partial charge in [-0.25, -0.2) is 0 Å². The highest BCUT2D eigenvalue weighted by atomic mass is 28.1. The van der Waals surface area contributed by atoms with Gasteiger partial charge in [0.15, 0.2) is 0 Å². The number of piperidine rings is 1. The van der Waals surface area contributed by atoms with E-state index in [9.17, 15) is 0 Å². The fraction of sp³-hybridized carbons (Fsp3) is 1.00. The lowest BCUT2D eigenvalue weighted by Crippen LogP contribution is -2.46. The Morgan fingerprint density at radius 1 is 1.08 bits per heavy atom. The van der Waals surface area contributed by atoms with Gasteiger partial charge >= 0.3 is 0 Å². The van der Waals surface area contributed by atoms with E-state index >= 15 is 0 Å². The smallest absolute Gasteiger partial charge is 0.0123 e. The third-order valence-corrected chi connectivity index (χ3v) is 4.32. The van der Waals surface area contributed by atoms with Crippen molar-refractivity contribution in [1.82, 2.24) is 4.90 Å². The molecule has 0 radical (unpaired) electrons. The van der Waals surface area contributed by atoms with E-state index in [0.29, 0.717) is 0 Å². The van der Waals surface area contributed by atoms with E-state index in [0.717, 1.165) is 12.0 Å². The predicted molar refractivity (Wildman–Crippen MR) is 61.3 cm³/mol. The van der Waals surface area contributed by atoms with Crippen LogP contribution in [0.15, 0.2) is 0 Å². The van der Waals surface area contributed by atoms with Crippen LogP contribution < -0.4 is 0 Å². The van der Waals surface area contributed by atoms with Crippen molar-refractivity contribution in [3.63, 3.8) is 0 Å². The molecule has 0 unspecified atom stereocenters. The zero-order chi connectivity index (χ0) is 9.10. The Balaban J connectivity index is 1.94. The van der Waals surface area contributed by atoms with Crippen molar-refractivity contribution in [2.75, 3.05) is 13.1 Å². The molecule has 0 bridgehead atoms. The Hall–Kier alpha value is 0.177. The zero-order valence-electron chi connectivity index (χ0n) is 8.97. The maximum Gasteiger partial charge on any atom is 0.0123 e. The van der Waals surface area contributed by atoms with E-state index in [-0.39, 0.29) is 0 Å². The predicted octanol–water partition coefficient (Wildman–Crippen LogP) is 1.42. The fourth-order valence-corrected chi connectivity index (χ4v) is 3.87. The lowest BCUT2D eigenvalue weighted by Gasteiger charge is -2.44. The maximum atomic E-state index is 2.81. The first-order valence-corrected chi connectivity index (χ1v) is 7.57. The van der Waals surface area contributed by atoms with Crippen molar-refractivity contribution in [2.24, 2.45) is 5.92 Å². The molecule has 76 valence electrons. The van der Waals surface area contributed by atoms with Crippen LogP contribution in [0.5, 0.6) is 0 Å². The monoisotopic (exact) mass is 197 g/mol. The van der Waals surface area contributed by atoms with Crippen molar-refractivity contribution < 1.29 is 0 Å². The van der Waals surface area contributed by atoms with Crippen molar-refractivity contribution in [2.45, 2.75) is 50.6 Å². The number of hydrogen-bond acceptors (Lipinski definition) is 1. The van der Waals surface area contributed by atoms with Crippen LogP contribution in [-0.2, 0) is 0 Å². The van der Waals surface area contributed by atoms with E-state index in [1.165, 1.54) is 67.9 Å². The van der Waals surface area contributed by atoms with Gasteiger partial charge in [-0.3, -0.25) is 0 Å². The lowest BCUT2D eigenvalue weighted by molar-refractivity contribution is 0.0659. The molecule has 0 aromatic rings. The molecule has 0 amide bonds. The Morgan fingerprint density at radius 3 is 2.69 bits per heavy atom. The number of fused-ring (bicyclic) bond motifs is 1. The molecule has 1 aliphatic heterocycles. The fourth-order valence-electron chi connectivity index (χ4n) is 3.29. The first kappa shape index (κ1) is 9.72. The molecule has 2 heteroatoms. The first-order valence-electron chi connectivity index (χ1n) is 6.16. The van der Waals surface area contributed by atoms with Crippen molar-refractivity contribution in [1.29, 1.82) is 0 Å². The molecular formula is C11H23NSi. The van der Waals surface area contributed by atoms with Crippen molar-refractivity contribution in [3.05, 3.63) is 0 Å². The average Bonchev–Trinajstić information content (AvgIpc) is 2.19. The molecule has 2 rings (SSSR count). The molecule has 1 aliphatic carbocycles. The average molecular weight is 197 g/mol. The van der Waals surface area contributed by atoms with Crippen LogP contribution in [0.1, 0.15) is 38.5 Å². The number of hydrogen-bond donors (Lipinski definition) is 0. The standard InChI is InChI=1S/C11H23NSi/c13-9-8-12-7-3-5-10-4-1-2-6-11(10)12/h10-11H,1-9H2,13H3/t10-,11+/m0/s1. The summed E-state index contributed by atoms with van der Waals surface area (Å²) in [7, 11) is 1.39.